The number of anilines is 1. The predicted octanol–water partition coefficient (Wildman–Crippen LogP) is 1.60. The Morgan fingerprint density at radius 3 is 2.70 bits per heavy atom. The van der Waals surface area contributed by atoms with Crippen molar-refractivity contribution >= 4 is 23.4 Å². The highest BCUT2D eigenvalue weighted by Crippen LogP contribution is 2.38. The Morgan fingerprint density at radius 2 is 2.04 bits per heavy atom. The second-order valence-corrected chi connectivity index (χ2v) is 7.88. The van der Waals surface area contributed by atoms with Crippen molar-refractivity contribution in [3.63, 3.8) is 0 Å². The number of carbonyl (C=O) groups excluding carboxylic acids is 3. The Morgan fingerprint density at radius 1 is 1.26 bits per heavy atom. The van der Waals surface area contributed by atoms with Crippen molar-refractivity contribution in [1.29, 1.82) is 0 Å². The first kappa shape index (κ1) is 18.0. The van der Waals surface area contributed by atoms with E-state index < -0.39 is 17.4 Å². The molecule has 7 heteroatoms. The molecule has 1 aromatic rings. The van der Waals surface area contributed by atoms with Crippen LogP contribution in [0.25, 0.3) is 0 Å². The number of imide groups is 1. The van der Waals surface area contributed by atoms with E-state index in [-0.39, 0.29) is 17.9 Å². The molecule has 1 saturated carbocycles. The maximum atomic E-state index is 13.4. The first-order chi connectivity index (χ1) is 12.9. The largest absolute Gasteiger partial charge is 0.465 e. The van der Waals surface area contributed by atoms with Gasteiger partial charge in [0, 0.05) is 12.6 Å². The number of piperidine rings is 1. The van der Waals surface area contributed by atoms with Crippen LogP contribution in [0.15, 0.2) is 18.2 Å². The van der Waals surface area contributed by atoms with Crippen LogP contribution in [0.1, 0.15) is 38.2 Å². The van der Waals surface area contributed by atoms with Gasteiger partial charge in [0.15, 0.2) is 0 Å². The fourth-order valence-corrected chi connectivity index (χ4v) is 3.75. The van der Waals surface area contributed by atoms with Gasteiger partial charge in [-0.3, -0.25) is 19.3 Å². The van der Waals surface area contributed by atoms with Gasteiger partial charge in [0.1, 0.15) is 5.75 Å². The SMILES string of the molecule is Cc1ccc2c(c1)NC(=O)C(C)(C(=O)N(C(=O)C1CCCNC1)C1CC1)O2. The van der Waals surface area contributed by atoms with E-state index in [9.17, 15) is 14.4 Å². The molecule has 2 unspecified atom stereocenters. The Hall–Kier alpha value is -2.41. The number of rotatable bonds is 3. The quantitative estimate of drug-likeness (QED) is 0.622. The number of aryl methyl sites for hydroxylation is 1. The molecule has 0 spiro atoms. The molecule has 2 atom stereocenters. The van der Waals surface area contributed by atoms with Crippen molar-refractivity contribution < 1.29 is 19.1 Å². The molecule has 7 nitrogen and oxygen atoms in total. The summed E-state index contributed by atoms with van der Waals surface area (Å²) in [5, 5.41) is 5.99. The summed E-state index contributed by atoms with van der Waals surface area (Å²) < 4.78 is 5.87. The average Bonchev–Trinajstić information content (AvgIpc) is 3.49. The lowest BCUT2D eigenvalue weighted by atomic mass is 9.95. The van der Waals surface area contributed by atoms with Crippen LogP contribution in [0.4, 0.5) is 5.69 Å². The van der Waals surface area contributed by atoms with Crippen molar-refractivity contribution in [2.75, 3.05) is 18.4 Å². The minimum absolute atomic E-state index is 0.125. The summed E-state index contributed by atoms with van der Waals surface area (Å²) in [6, 6.07) is 5.27. The Labute approximate surface area is 158 Å². The monoisotopic (exact) mass is 371 g/mol. The van der Waals surface area contributed by atoms with Gasteiger partial charge in [-0.2, -0.15) is 0 Å². The molecule has 2 fully saturated rings. The Bertz CT molecular complexity index is 798. The normalized spacial score (nSPS) is 27.2. The van der Waals surface area contributed by atoms with Gasteiger partial charge < -0.3 is 15.4 Å². The van der Waals surface area contributed by atoms with Gasteiger partial charge in [-0.25, -0.2) is 0 Å². The van der Waals surface area contributed by atoms with Crippen molar-refractivity contribution in [2.24, 2.45) is 5.92 Å². The van der Waals surface area contributed by atoms with Crippen LogP contribution in [0.3, 0.4) is 0 Å². The third kappa shape index (κ3) is 3.20. The van der Waals surface area contributed by atoms with Gasteiger partial charge in [-0.05, 0) is 63.8 Å². The summed E-state index contributed by atoms with van der Waals surface area (Å²) in [6.07, 6.45) is 3.23. The molecule has 1 aromatic carbocycles. The molecule has 2 aliphatic heterocycles. The van der Waals surface area contributed by atoms with E-state index in [0.717, 1.165) is 37.8 Å². The highest BCUT2D eigenvalue weighted by molar-refractivity contribution is 6.18. The first-order valence-corrected chi connectivity index (χ1v) is 9.59. The number of hydrogen-bond acceptors (Lipinski definition) is 5. The number of hydrogen-bond donors (Lipinski definition) is 2. The van der Waals surface area contributed by atoms with Crippen LogP contribution >= 0.6 is 0 Å². The number of nitrogens with one attached hydrogen (secondary N) is 2. The second-order valence-electron chi connectivity index (χ2n) is 7.88. The average molecular weight is 371 g/mol. The molecule has 144 valence electrons. The van der Waals surface area contributed by atoms with Crippen LogP contribution in [0.5, 0.6) is 5.75 Å². The van der Waals surface area contributed by atoms with Crippen molar-refractivity contribution in [3.05, 3.63) is 23.8 Å². The topological polar surface area (TPSA) is 87.7 Å². The molecule has 0 radical (unpaired) electrons. The van der Waals surface area contributed by atoms with Crippen LogP contribution in [-0.4, -0.2) is 47.4 Å². The Kier molecular flexibility index (Phi) is 4.42. The maximum absolute atomic E-state index is 13.4. The van der Waals surface area contributed by atoms with Crippen molar-refractivity contribution in [3.8, 4) is 5.75 Å². The summed E-state index contributed by atoms with van der Waals surface area (Å²) in [7, 11) is 0. The first-order valence-electron chi connectivity index (χ1n) is 9.59. The highest BCUT2D eigenvalue weighted by Gasteiger charge is 2.54. The van der Waals surface area contributed by atoms with Crippen LogP contribution < -0.4 is 15.4 Å². The van der Waals surface area contributed by atoms with E-state index >= 15 is 0 Å². The fourth-order valence-electron chi connectivity index (χ4n) is 3.75. The summed E-state index contributed by atoms with van der Waals surface area (Å²) in [4.78, 5) is 40.5. The highest BCUT2D eigenvalue weighted by atomic mass is 16.5. The Balaban J connectivity index is 1.61. The molecule has 27 heavy (non-hydrogen) atoms. The number of nitrogens with zero attached hydrogens (tertiary/aromatic N) is 1. The molecule has 1 aliphatic carbocycles. The maximum Gasteiger partial charge on any atom is 0.283 e. The molecule has 2 N–H and O–H groups in total. The number of ether oxygens (including phenoxy) is 1. The molecule has 0 bridgehead atoms. The molecule has 4 rings (SSSR count). The van der Waals surface area contributed by atoms with E-state index in [0.29, 0.717) is 18.0 Å². The number of fused-ring (bicyclic) bond motifs is 1. The summed E-state index contributed by atoms with van der Waals surface area (Å²) in [6.45, 7) is 4.83. The molecule has 1 saturated heterocycles. The molecule has 3 aliphatic rings. The van der Waals surface area contributed by atoms with E-state index in [4.69, 9.17) is 4.74 Å². The van der Waals surface area contributed by atoms with E-state index in [1.807, 2.05) is 13.0 Å². The summed E-state index contributed by atoms with van der Waals surface area (Å²) >= 11 is 0. The third-order valence-electron chi connectivity index (χ3n) is 5.55. The molecular weight excluding hydrogens is 346 g/mol. The minimum atomic E-state index is -1.75. The lowest BCUT2D eigenvalue weighted by molar-refractivity contribution is -0.161. The van der Waals surface area contributed by atoms with Crippen LogP contribution in [0.2, 0.25) is 0 Å². The number of benzene rings is 1. The number of carbonyl (C=O) groups is 3. The lowest BCUT2D eigenvalue weighted by Gasteiger charge is -2.37. The van der Waals surface area contributed by atoms with Gasteiger partial charge in [-0.1, -0.05) is 6.07 Å². The predicted molar refractivity (Wildman–Crippen MR) is 99.3 cm³/mol. The van der Waals surface area contributed by atoms with Crippen LogP contribution in [-0.2, 0) is 14.4 Å². The van der Waals surface area contributed by atoms with Gasteiger partial charge >= 0.3 is 0 Å². The molecule has 2 heterocycles. The van der Waals surface area contributed by atoms with Crippen molar-refractivity contribution in [2.45, 2.75) is 51.2 Å². The smallest absolute Gasteiger partial charge is 0.283 e. The zero-order valence-corrected chi connectivity index (χ0v) is 15.7. The zero-order chi connectivity index (χ0) is 19.2. The number of amides is 3. The standard InChI is InChI=1S/C20H25N3O4/c1-12-5-8-16-15(10-12)22-18(25)20(2,27-16)19(26)23(14-6-7-14)17(24)13-4-3-9-21-11-13/h5,8,10,13-14,21H,3-4,6-7,9,11H2,1-2H3,(H,22,25). The van der Waals surface area contributed by atoms with E-state index in [2.05, 4.69) is 10.6 Å². The van der Waals surface area contributed by atoms with Gasteiger partial charge in [-0.15, -0.1) is 0 Å². The lowest BCUT2D eigenvalue weighted by Crippen LogP contribution is -2.62. The second kappa shape index (κ2) is 6.64. The van der Waals surface area contributed by atoms with Gasteiger partial charge in [0.25, 0.3) is 17.4 Å². The van der Waals surface area contributed by atoms with E-state index in [1.54, 1.807) is 12.1 Å². The van der Waals surface area contributed by atoms with Crippen LogP contribution in [0, 0.1) is 12.8 Å². The van der Waals surface area contributed by atoms with Gasteiger partial charge in [0.2, 0.25) is 5.91 Å². The molecule has 0 aromatic heterocycles. The minimum Gasteiger partial charge on any atom is -0.465 e. The fraction of sp³-hybridized carbons (Fsp3) is 0.550. The van der Waals surface area contributed by atoms with Crippen molar-refractivity contribution in [1.82, 2.24) is 10.2 Å². The van der Waals surface area contributed by atoms with Gasteiger partial charge in [0.05, 0.1) is 11.6 Å². The molecule has 3 amide bonds. The summed E-state index contributed by atoms with van der Waals surface area (Å²) in [5.74, 6) is -1.08. The summed E-state index contributed by atoms with van der Waals surface area (Å²) in [5.41, 5.74) is -0.221. The third-order valence-corrected chi connectivity index (χ3v) is 5.55. The van der Waals surface area contributed by atoms with E-state index in [1.165, 1.54) is 11.8 Å². The molecular formula is C20H25N3O4. The zero-order valence-electron chi connectivity index (χ0n) is 15.7.